The molecule has 0 unspecified atom stereocenters. The van der Waals surface area contributed by atoms with E-state index in [0.717, 1.165) is 19.4 Å². The van der Waals surface area contributed by atoms with Gasteiger partial charge in [0.1, 0.15) is 5.41 Å². The predicted octanol–water partition coefficient (Wildman–Crippen LogP) is 0.617. The maximum Gasteiger partial charge on any atom is 0.243 e. The Kier molecular flexibility index (Phi) is 2.77. The van der Waals surface area contributed by atoms with Crippen LogP contribution >= 0.6 is 0 Å². The van der Waals surface area contributed by atoms with Crippen LogP contribution in [-0.2, 0) is 9.59 Å². The summed E-state index contributed by atoms with van der Waals surface area (Å²) in [6.07, 6.45) is 3.29. The SMILES string of the molecule is CN1C[C@@H]2CN(C(=O)C3(C#N)CCCC3)C[C@@H]2C1=O. The minimum atomic E-state index is -0.798. The lowest BCUT2D eigenvalue weighted by Gasteiger charge is -2.27. The van der Waals surface area contributed by atoms with Crippen molar-refractivity contribution in [2.24, 2.45) is 17.3 Å². The quantitative estimate of drug-likeness (QED) is 0.695. The Bertz CT molecular complexity index is 462. The van der Waals surface area contributed by atoms with Crippen LogP contribution in [0.2, 0.25) is 0 Å². The number of rotatable bonds is 1. The number of carbonyl (C=O) groups is 2. The summed E-state index contributed by atoms with van der Waals surface area (Å²) in [5.74, 6) is 0.347. The molecule has 3 aliphatic rings. The van der Waals surface area contributed by atoms with Crippen molar-refractivity contribution in [1.82, 2.24) is 9.80 Å². The average Bonchev–Trinajstić information content (AvgIpc) is 3.08. The summed E-state index contributed by atoms with van der Waals surface area (Å²) < 4.78 is 0. The zero-order chi connectivity index (χ0) is 13.6. The summed E-state index contributed by atoms with van der Waals surface area (Å²) in [5.41, 5.74) is -0.798. The lowest BCUT2D eigenvalue weighted by atomic mass is 9.86. The smallest absolute Gasteiger partial charge is 0.243 e. The van der Waals surface area contributed by atoms with E-state index in [0.29, 0.717) is 25.9 Å². The first-order valence-corrected chi connectivity index (χ1v) is 7.03. The highest BCUT2D eigenvalue weighted by Crippen LogP contribution is 2.41. The van der Waals surface area contributed by atoms with Crippen molar-refractivity contribution in [3.05, 3.63) is 0 Å². The summed E-state index contributed by atoms with van der Waals surface area (Å²) in [6.45, 7) is 1.89. The van der Waals surface area contributed by atoms with E-state index in [1.165, 1.54) is 0 Å². The molecule has 5 nitrogen and oxygen atoms in total. The van der Waals surface area contributed by atoms with Gasteiger partial charge < -0.3 is 9.80 Å². The Hall–Kier alpha value is -1.57. The van der Waals surface area contributed by atoms with Crippen LogP contribution in [0.4, 0.5) is 0 Å². The molecule has 0 N–H and O–H groups in total. The average molecular weight is 261 g/mol. The number of nitriles is 1. The van der Waals surface area contributed by atoms with Crippen molar-refractivity contribution in [1.29, 1.82) is 5.26 Å². The fourth-order valence-electron chi connectivity index (χ4n) is 3.88. The highest BCUT2D eigenvalue weighted by Gasteiger charge is 2.51. The van der Waals surface area contributed by atoms with Crippen molar-refractivity contribution >= 4 is 11.8 Å². The second-order valence-corrected chi connectivity index (χ2v) is 6.20. The molecule has 0 radical (unpaired) electrons. The van der Waals surface area contributed by atoms with E-state index < -0.39 is 5.41 Å². The van der Waals surface area contributed by atoms with E-state index in [-0.39, 0.29) is 23.7 Å². The molecule has 0 aromatic heterocycles. The molecule has 3 rings (SSSR count). The first kappa shape index (κ1) is 12.5. The number of carbonyl (C=O) groups excluding carboxylic acids is 2. The molecule has 2 saturated heterocycles. The number of likely N-dealkylation sites (tertiary alicyclic amines) is 2. The number of hydrogen-bond donors (Lipinski definition) is 0. The van der Waals surface area contributed by atoms with Gasteiger partial charge in [0.05, 0.1) is 12.0 Å². The lowest BCUT2D eigenvalue weighted by Crippen LogP contribution is -2.42. The molecular formula is C14H19N3O2. The third kappa shape index (κ3) is 1.73. The standard InChI is InChI=1S/C14H19N3O2/c1-16-6-10-7-17(8-11(10)12(16)18)13(19)14(9-15)4-2-3-5-14/h10-11H,2-8H2,1H3/t10-,11+/m1/s1. The molecule has 5 heteroatoms. The van der Waals surface area contributed by atoms with Crippen LogP contribution in [0.3, 0.4) is 0 Å². The summed E-state index contributed by atoms with van der Waals surface area (Å²) in [4.78, 5) is 28.1. The van der Waals surface area contributed by atoms with Gasteiger partial charge in [0.15, 0.2) is 0 Å². The van der Waals surface area contributed by atoms with Crippen LogP contribution in [0.15, 0.2) is 0 Å². The zero-order valence-electron chi connectivity index (χ0n) is 11.3. The molecule has 0 aromatic carbocycles. The highest BCUT2D eigenvalue weighted by molar-refractivity contribution is 5.88. The Labute approximate surface area is 113 Å². The highest BCUT2D eigenvalue weighted by atomic mass is 16.2. The summed E-state index contributed by atoms with van der Waals surface area (Å²) in [5, 5.41) is 9.37. The van der Waals surface area contributed by atoms with E-state index in [4.69, 9.17) is 0 Å². The van der Waals surface area contributed by atoms with Crippen molar-refractivity contribution in [2.45, 2.75) is 25.7 Å². The lowest BCUT2D eigenvalue weighted by molar-refractivity contribution is -0.138. The molecule has 2 heterocycles. The molecule has 102 valence electrons. The molecule has 0 spiro atoms. The molecule has 0 aromatic rings. The van der Waals surface area contributed by atoms with Crippen LogP contribution in [0.1, 0.15) is 25.7 Å². The van der Waals surface area contributed by atoms with Gasteiger partial charge in [-0.3, -0.25) is 9.59 Å². The number of fused-ring (bicyclic) bond motifs is 1. The number of nitrogens with zero attached hydrogens (tertiary/aromatic N) is 3. The molecule has 1 aliphatic carbocycles. The number of hydrogen-bond acceptors (Lipinski definition) is 3. The summed E-state index contributed by atoms with van der Waals surface area (Å²) in [6, 6.07) is 2.25. The Morgan fingerprint density at radius 2 is 2.00 bits per heavy atom. The molecule has 2 aliphatic heterocycles. The van der Waals surface area contributed by atoms with Gasteiger partial charge in [-0.25, -0.2) is 0 Å². The van der Waals surface area contributed by atoms with Crippen molar-refractivity contribution in [3.8, 4) is 6.07 Å². The Morgan fingerprint density at radius 1 is 1.32 bits per heavy atom. The van der Waals surface area contributed by atoms with Crippen molar-refractivity contribution in [3.63, 3.8) is 0 Å². The van der Waals surface area contributed by atoms with E-state index in [9.17, 15) is 14.9 Å². The summed E-state index contributed by atoms with van der Waals surface area (Å²) >= 11 is 0. The Morgan fingerprint density at radius 3 is 2.58 bits per heavy atom. The third-order valence-electron chi connectivity index (χ3n) is 5.01. The van der Waals surface area contributed by atoms with Crippen LogP contribution in [0, 0.1) is 28.6 Å². The predicted molar refractivity (Wildman–Crippen MR) is 67.7 cm³/mol. The first-order valence-electron chi connectivity index (χ1n) is 7.03. The van der Waals surface area contributed by atoms with Gasteiger partial charge in [-0.05, 0) is 12.8 Å². The van der Waals surface area contributed by atoms with Gasteiger partial charge in [-0.1, -0.05) is 12.8 Å². The van der Waals surface area contributed by atoms with Crippen LogP contribution in [0.25, 0.3) is 0 Å². The normalized spacial score (nSPS) is 32.5. The van der Waals surface area contributed by atoms with E-state index in [2.05, 4.69) is 6.07 Å². The summed E-state index contributed by atoms with van der Waals surface area (Å²) in [7, 11) is 1.82. The Balaban J connectivity index is 1.74. The van der Waals surface area contributed by atoms with E-state index in [1.54, 1.807) is 9.80 Å². The molecule has 2 amide bonds. The molecule has 1 saturated carbocycles. The second kappa shape index (κ2) is 4.22. The fraction of sp³-hybridized carbons (Fsp3) is 0.786. The number of amides is 2. The molecular weight excluding hydrogens is 242 g/mol. The van der Waals surface area contributed by atoms with Crippen molar-refractivity contribution in [2.75, 3.05) is 26.7 Å². The third-order valence-corrected chi connectivity index (χ3v) is 5.01. The minimum Gasteiger partial charge on any atom is -0.345 e. The monoisotopic (exact) mass is 261 g/mol. The van der Waals surface area contributed by atoms with Crippen LogP contribution in [0.5, 0.6) is 0 Å². The van der Waals surface area contributed by atoms with Gasteiger partial charge >= 0.3 is 0 Å². The van der Waals surface area contributed by atoms with Crippen LogP contribution in [-0.4, -0.2) is 48.3 Å². The molecule has 0 bridgehead atoms. The van der Waals surface area contributed by atoms with E-state index in [1.807, 2.05) is 7.05 Å². The molecule has 2 atom stereocenters. The van der Waals surface area contributed by atoms with Crippen molar-refractivity contribution < 1.29 is 9.59 Å². The van der Waals surface area contributed by atoms with Crippen LogP contribution < -0.4 is 0 Å². The first-order chi connectivity index (χ1) is 9.07. The van der Waals surface area contributed by atoms with Gasteiger partial charge in [0.2, 0.25) is 11.8 Å². The van der Waals surface area contributed by atoms with Gasteiger partial charge in [-0.2, -0.15) is 5.26 Å². The molecule has 19 heavy (non-hydrogen) atoms. The fourth-order valence-corrected chi connectivity index (χ4v) is 3.88. The maximum absolute atomic E-state index is 12.6. The zero-order valence-corrected chi connectivity index (χ0v) is 11.3. The molecule has 3 fully saturated rings. The largest absolute Gasteiger partial charge is 0.345 e. The second-order valence-electron chi connectivity index (χ2n) is 6.20. The van der Waals surface area contributed by atoms with Gasteiger partial charge in [0, 0.05) is 32.6 Å². The van der Waals surface area contributed by atoms with Gasteiger partial charge in [-0.15, -0.1) is 0 Å². The maximum atomic E-state index is 12.6. The topological polar surface area (TPSA) is 64.4 Å². The van der Waals surface area contributed by atoms with E-state index >= 15 is 0 Å². The van der Waals surface area contributed by atoms with Gasteiger partial charge in [0.25, 0.3) is 0 Å². The minimum absolute atomic E-state index is 0.0302.